The minimum atomic E-state index is -0.753. The van der Waals surface area contributed by atoms with E-state index in [0.29, 0.717) is 17.9 Å². The number of carbonyl (C=O) groups is 2. The number of hydrogen-bond acceptors (Lipinski definition) is 7. The van der Waals surface area contributed by atoms with Crippen molar-refractivity contribution in [1.29, 1.82) is 0 Å². The number of nitrogens with zero attached hydrogens (tertiary/aromatic N) is 1. The Balaban J connectivity index is 1.68. The highest BCUT2D eigenvalue weighted by atomic mass is 32.2. The van der Waals surface area contributed by atoms with Gasteiger partial charge < -0.3 is 15.4 Å². The zero-order valence-electron chi connectivity index (χ0n) is 19.0. The van der Waals surface area contributed by atoms with E-state index in [0.717, 1.165) is 9.77 Å². The maximum Gasteiger partial charge on any atom is 0.270 e. The summed E-state index contributed by atoms with van der Waals surface area (Å²) < 4.78 is 8.44. The van der Waals surface area contributed by atoms with E-state index in [2.05, 4.69) is 41.1 Å². The number of pyridine rings is 1. The number of anilines is 1. The molecule has 0 unspecified atom stereocenters. The van der Waals surface area contributed by atoms with Crippen LogP contribution in [0.1, 0.15) is 36.1 Å². The predicted octanol–water partition coefficient (Wildman–Crippen LogP) is 4.53. The van der Waals surface area contributed by atoms with Crippen LogP contribution in [-0.2, 0) is 11.2 Å². The third-order valence-corrected chi connectivity index (χ3v) is 6.53. The molecule has 0 spiro atoms. The van der Waals surface area contributed by atoms with Gasteiger partial charge in [-0.15, -0.1) is 11.3 Å². The van der Waals surface area contributed by atoms with Crippen molar-refractivity contribution >= 4 is 40.8 Å². The molecule has 7 nitrogen and oxygen atoms in total. The standard InChI is InChI=1S/C24H28N4O3S2/c1-24(2,3)28-33-18-10-7-16(8-11-18)26-23(30)21(14-19-6-5-13-32-19)27-22(29)20-12-9-17(31-4)15-25-20/h5-13,15,21,28H,14H2,1-4H3,(H,26,30)(H,27,29)/t21-/m0/s1. The minimum absolute atomic E-state index is 0.0104. The SMILES string of the molecule is COc1ccc(C(=O)N[C@@H](Cc2cccs2)C(=O)Nc2ccc(SNC(C)(C)C)cc2)nc1. The van der Waals surface area contributed by atoms with Gasteiger partial charge >= 0.3 is 0 Å². The number of thiophene rings is 1. The first-order valence-electron chi connectivity index (χ1n) is 10.4. The van der Waals surface area contributed by atoms with E-state index in [4.69, 9.17) is 4.74 Å². The number of ether oxygens (including phenoxy) is 1. The van der Waals surface area contributed by atoms with Gasteiger partial charge in [-0.2, -0.15) is 0 Å². The van der Waals surface area contributed by atoms with Crippen molar-refractivity contribution in [1.82, 2.24) is 15.0 Å². The molecule has 0 fully saturated rings. The molecule has 3 rings (SSSR count). The highest BCUT2D eigenvalue weighted by Gasteiger charge is 2.23. The van der Waals surface area contributed by atoms with Crippen molar-refractivity contribution in [3.63, 3.8) is 0 Å². The van der Waals surface area contributed by atoms with Crippen molar-refractivity contribution in [2.24, 2.45) is 0 Å². The van der Waals surface area contributed by atoms with Gasteiger partial charge in [0.1, 0.15) is 17.5 Å². The fourth-order valence-electron chi connectivity index (χ4n) is 2.75. The number of carbonyl (C=O) groups excluding carboxylic acids is 2. The highest BCUT2D eigenvalue weighted by molar-refractivity contribution is 7.97. The van der Waals surface area contributed by atoms with Gasteiger partial charge in [-0.05, 0) is 80.6 Å². The van der Waals surface area contributed by atoms with E-state index in [1.54, 1.807) is 12.1 Å². The number of amides is 2. The van der Waals surface area contributed by atoms with E-state index >= 15 is 0 Å². The van der Waals surface area contributed by atoms with Crippen LogP contribution in [0.4, 0.5) is 5.69 Å². The first-order valence-corrected chi connectivity index (χ1v) is 12.1. The van der Waals surface area contributed by atoms with Crippen LogP contribution in [0.25, 0.3) is 0 Å². The van der Waals surface area contributed by atoms with Crippen molar-refractivity contribution in [3.05, 3.63) is 70.7 Å². The lowest BCUT2D eigenvalue weighted by molar-refractivity contribution is -0.117. The Labute approximate surface area is 202 Å². The van der Waals surface area contributed by atoms with E-state index in [-0.39, 0.29) is 17.1 Å². The Morgan fingerprint density at radius 3 is 2.45 bits per heavy atom. The molecule has 0 aliphatic carbocycles. The van der Waals surface area contributed by atoms with E-state index in [1.807, 2.05) is 41.8 Å². The summed E-state index contributed by atoms with van der Waals surface area (Å²) in [5, 5.41) is 7.67. The van der Waals surface area contributed by atoms with Gasteiger partial charge in [0.05, 0.1) is 13.3 Å². The topological polar surface area (TPSA) is 92.3 Å². The summed E-state index contributed by atoms with van der Waals surface area (Å²) in [6.07, 6.45) is 1.85. The summed E-state index contributed by atoms with van der Waals surface area (Å²) >= 11 is 3.08. The van der Waals surface area contributed by atoms with Crippen LogP contribution in [0.15, 0.2) is 65.0 Å². The van der Waals surface area contributed by atoms with Crippen molar-refractivity contribution in [2.45, 2.75) is 43.7 Å². The van der Waals surface area contributed by atoms with Gasteiger partial charge in [-0.25, -0.2) is 4.98 Å². The Hall–Kier alpha value is -2.88. The largest absolute Gasteiger partial charge is 0.495 e. The Morgan fingerprint density at radius 2 is 1.88 bits per heavy atom. The summed E-state index contributed by atoms with van der Waals surface area (Å²) in [6.45, 7) is 6.29. The van der Waals surface area contributed by atoms with E-state index in [9.17, 15) is 9.59 Å². The highest BCUT2D eigenvalue weighted by Crippen LogP contribution is 2.21. The second kappa shape index (κ2) is 11.3. The number of benzene rings is 1. The maximum atomic E-state index is 13.1. The third kappa shape index (κ3) is 7.88. The minimum Gasteiger partial charge on any atom is -0.495 e. The second-order valence-corrected chi connectivity index (χ2v) is 10.3. The van der Waals surface area contributed by atoms with E-state index < -0.39 is 11.9 Å². The molecular formula is C24H28N4O3S2. The molecule has 2 aromatic heterocycles. The fourth-order valence-corrected chi connectivity index (χ4v) is 4.20. The van der Waals surface area contributed by atoms with Crippen LogP contribution >= 0.6 is 23.3 Å². The number of methoxy groups -OCH3 is 1. The molecule has 0 radical (unpaired) electrons. The van der Waals surface area contributed by atoms with Crippen molar-refractivity contribution in [3.8, 4) is 5.75 Å². The first kappa shape index (κ1) is 24.8. The predicted molar refractivity (Wildman–Crippen MR) is 134 cm³/mol. The number of nitrogens with one attached hydrogen (secondary N) is 3. The molecule has 2 heterocycles. The van der Waals surface area contributed by atoms with Crippen LogP contribution in [0.3, 0.4) is 0 Å². The summed E-state index contributed by atoms with van der Waals surface area (Å²) in [4.78, 5) is 32.0. The van der Waals surface area contributed by atoms with Gasteiger partial charge in [-0.1, -0.05) is 6.07 Å². The maximum absolute atomic E-state index is 13.1. The quantitative estimate of drug-likeness (QED) is 0.387. The van der Waals surface area contributed by atoms with Gasteiger partial charge in [-0.3, -0.25) is 14.3 Å². The molecule has 0 aliphatic rings. The molecule has 0 saturated carbocycles. The Kier molecular flexibility index (Phi) is 8.49. The molecule has 33 heavy (non-hydrogen) atoms. The zero-order valence-corrected chi connectivity index (χ0v) is 20.7. The molecular weight excluding hydrogens is 456 g/mol. The molecule has 3 N–H and O–H groups in total. The number of aromatic nitrogens is 1. The van der Waals surface area contributed by atoms with Crippen molar-refractivity contribution < 1.29 is 14.3 Å². The lowest BCUT2D eigenvalue weighted by Gasteiger charge is -2.20. The fraction of sp³-hybridized carbons (Fsp3) is 0.292. The van der Waals surface area contributed by atoms with Crippen LogP contribution in [0, 0.1) is 0 Å². The molecule has 3 aromatic rings. The second-order valence-electron chi connectivity index (χ2n) is 8.36. The molecule has 2 amide bonds. The number of rotatable bonds is 9. The summed E-state index contributed by atoms with van der Waals surface area (Å²) in [5.41, 5.74) is 0.865. The zero-order chi connectivity index (χ0) is 23.8. The molecule has 1 atom stereocenters. The van der Waals surface area contributed by atoms with Crippen LogP contribution in [-0.4, -0.2) is 35.5 Å². The van der Waals surface area contributed by atoms with Gasteiger partial charge in [0.2, 0.25) is 5.91 Å². The molecule has 1 aromatic carbocycles. The average molecular weight is 485 g/mol. The summed E-state index contributed by atoms with van der Waals surface area (Å²) in [7, 11) is 1.53. The molecule has 0 saturated heterocycles. The normalized spacial score (nSPS) is 12.1. The van der Waals surface area contributed by atoms with E-state index in [1.165, 1.54) is 36.6 Å². The van der Waals surface area contributed by atoms with Crippen LogP contribution in [0.2, 0.25) is 0 Å². The third-order valence-electron chi connectivity index (χ3n) is 4.41. The molecule has 9 heteroatoms. The van der Waals surface area contributed by atoms with Gasteiger partial charge in [0, 0.05) is 27.4 Å². The van der Waals surface area contributed by atoms with Crippen molar-refractivity contribution in [2.75, 3.05) is 12.4 Å². The van der Waals surface area contributed by atoms with Crippen LogP contribution in [0.5, 0.6) is 5.75 Å². The summed E-state index contributed by atoms with van der Waals surface area (Å²) in [6, 6.07) is 13.9. The smallest absolute Gasteiger partial charge is 0.270 e. The summed E-state index contributed by atoms with van der Waals surface area (Å²) in [5.74, 6) is -0.161. The molecule has 174 valence electrons. The first-order chi connectivity index (χ1) is 15.7. The average Bonchev–Trinajstić information content (AvgIpc) is 3.31. The Bertz CT molecular complexity index is 1050. The molecule has 0 bridgehead atoms. The van der Waals surface area contributed by atoms with Crippen LogP contribution < -0.4 is 20.1 Å². The number of hydrogen-bond donors (Lipinski definition) is 3. The lowest BCUT2D eigenvalue weighted by atomic mass is 10.1. The Morgan fingerprint density at radius 1 is 1.12 bits per heavy atom. The lowest BCUT2D eigenvalue weighted by Crippen LogP contribution is -2.45. The monoisotopic (exact) mass is 484 g/mol. The van der Waals surface area contributed by atoms with Gasteiger partial charge in [0.25, 0.3) is 5.91 Å². The molecule has 0 aliphatic heterocycles. The van der Waals surface area contributed by atoms with Gasteiger partial charge in [0.15, 0.2) is 0 Å².